The van der Waals surface area contributed by atoms with Crippen LogP contribution in [0.3, 0.4) is 0 Å². The quantitative estimate of drug-likeness (QED) is 0.635. The molecular weight excluding hydrogens is 252 g/mol. The molecule has 0 aromatic carbocycles. The second kappa shape index (κ2) is 6.12. The van der Waals surface area contributed by atoms with E-state index in [1.54, 1.807) is 17.5 Å². The monoisotopic (exact) mass is 262 g/mol. The number of ether oxygens (including phenoxy) is 1. The summed E-state index contributed by atoms with van der Waals surface area (Å²) in [6, 6.07) is 3.44. The van der Waals surface area contributed by atoms with Crippen LogP contribution in [0.25, 0.3) is 0 Å². The number of hydrogen-bond donors (Lipinski definition) is 1. The van der Waals surface area contributed by atoms with Gasteiger partial charge in [-0.3, -0.25) is 0 Å². The van der Waals surface area contributed by atoms with E-state index in [9.17, 15) is 4.79 Å². The van der Waals surface area contributed by atoms with Crippen molar-refractivity contribution < 1.29 is 17.5 Å². The number of hydrogen-bond acceptors (Lipinski definition) is 4. The molecule has 0 saturated heterocycles. The molecule has 1 rings (SSSR count). The van der Waals surface area contributed by atoms with E-state index in [1.165, 1.54) is 18.3 Å². The zero-order chi connectivity index (χ0) is 8.27. The predicted molar refractivity (Wildman–Crippen MR) is 49.6 cm³/mol. The van der Waals surface area contributed by atoms with E-state index in [0.717, 1.165) is 0 Å². The second-order valence-electron chi connectivity index (χ2n) is 2.03. The van der Waals surface area contributed by atoms with E-state index in [1.807, 2.05) is 0 Å². The first-order valence-corrected chi connectivity index (χ1v) is 4.01. The van der Waals surface area contributed by atoms with Crippen LogP contribution in [0.2, 0.25) is 0 Å². The van der Waals surface area contributed by atoms with Gasteiger partial charge in [0, 0.05) is 0 Å². The van der Waals surface area contributed by atoms with Gasteiger partial charge in [-0.2, -0.15) is 0 Å². The Bertz CT molecular complexity index is 241. The molecule has 64 valence electrons. The maximum absolute atomic E-state index is 10.7. The molecule has 0 bridgehead atoms. The van der Waals surface area contributed by atoms with Crippen LogP contribution in [0.1, 0.15) is 9.78 Å². The third-order valence-electron chi connectivity index (χ3n) is 1.04. The van der Waals surface area contributed by atoms with Crippen LogP contribution in [0.4, 0.5) is 0 Å². The Morgan fingerprint density at radius 2 is 2.50 bits per heavy atom. The summed E-state index contributed by atoms with van der Waals surface area (Å²) >= 11 is 1.31. The largest absolute Gasteiger partial charge is 2.00 e. The number of aliphatic hydroxyl groups excluding tert-OH is 1. The minimum atomic E-state index is -1.06. The van der Waals surface area contributed by atoms with E-state index in [2.05, 4.69) is 0 Å². The van der Waals surface area contributed by atoms with Crippen molar-refractivity contribution in [2.45, 2.75) is 13.0 Å². The van der Waals surface area contributed by atoms with Gasteiger partial charge in [0.2, 0.25) is 0 Å². The maximum atomic E-state index is 10.7. The van der Waals surface area contributed by atoms with Crippen LogP contribution < -0.4 is 4.74 Å². The zero-order valence-electron chi connectivity index (χ0n) is 8.69. The molecule has 0 fully saturated rings. The molecule has 0 amide bonds. The molecule has 0 aliphatic rings. The van der Waals surface area contributed by atoms with Crippen molar-refractivity contribution >= 4 is 62.8 Å². The minimum absolute atomic E-state index is 0. The maximum Gasteiger partial charge on any atom is 2.00 e. The smallest absolute Gasteiger partial charge is 1.00 e. The van der Waals surface area contributed by atoms with Crippen LogP contribution >= 0.6 is 11.3 Å². The fourth-order valence-corrected chi connectivity index (χ4v) is 1.08. The molecule has 0 spiro atoms. The van der Waals surface area contributed by atoms with Gasteiger partial charge in [0.1, 0.15) is 6.10 Å². The van der Waals surface area contributed by atoms with E-state index in [0.29, 0.717) is 5.06 Å². The third kappa shape index (κ3) is 4.02. The summed E-state index contributed by atoms with van der Waals surface area (Å²) in [5.74, 6) is -0.618. The SMILES string of the molecule is CC(O)C(=O)Oc1cccs1.[H-].[H-].[Sr+2]. The molecule has 0 aliphatic carbocycles. The fraction of sp³-hybridized carbons (Fsp3) is 0.286. The second-order valence-corrected chi connectivity index (χ2v) is 2.94. The molecule has 3 nitrogen and oxygen atoms in total. The van der Waals surface area contributed by atoms with Crippen molar-refractivity contribution in [1.29, 1.82) is 0 Å². The summed E-state index contributed by atoms with van der Waals surface area (Å²) < 4.78 is 4.75. The van der Waals surface area contributed by atoms with Gasteiger partial charge >= 0.3 is 51.5 Å². The molecule has 0 radical (unpaired) electrons. The number of carbonyl (C=O) groups is 1. The average molecular weight is 262 g/mol. The molecule has 5 heteroatoms. The molecule has 12 heavy (non-hydrogen) atoms. The predicted octanol–water partition coefficient (Wildman–Crippen LogP) is 0.879. The van der Waals surface area contributed by atoms with Gasteiger partial charge in [-0.1, -0.05) is 0 Å². The van der Waals surface area contributed by atoms with Crippen LogP contribution in [0, 0.1) is 0 Å². The van der Waals surface area contributed by atoms with Crippen molar-refractivity contribution in [2.24, 2.45) is 0 Å². The first-order valence-electron chi connectivity index (χ1n) is 3.13. The number of rotatable bonds is 2. The first-order chi connectivity index (χ1) is 5.20. The van der Waals surface area contributed by atoms with E-state index >= 15 is 0 Å². The van der Waals surface area contributed by atoms with Crippen LogP contribution in [0.15, 0.2) is 17.5 Å². The third-order valence-corrected chi connectivity index (χ3v) is 1.78. The summed E-state index contributed by atoms with van der Waals surface area (Å²) in [5, 5.41) is 11.1. The molecule has 0 saturated carbocycles. The number of aliphatic hydroxyl groups is 1. The van der Waals surface area contributed by atoms with E-state index < -0.39 is 12.1 Å². The normalized spacial score (nSPS) is 11.5. The summed E-state index contributed by atoms with van der Waals surface area (Å²) in [6.45, 7) is 1.37. The Morgan fingerprint density at radius 3 is 2.92 bits per heavy atom. The zero-order valence-corrected chi connectivity index (χ0v) is 11.0. The molecule has 1 heterocycles. The van der Waals surface area contributed by atoms with Gasteiger partial charge in [-0.25, -0.2) is 4.79 Å². The van der Waals surface area contributed by atoms with Crippen LogP contribution in [0.5, 0.6) is 5.06 Å². The first kappa shape index (κ1) is 12.6. The Hall–Kier alpha value is 0.611. The summed E-state index contributed by atoms with van der Waals surface area (Å²) in [6.07, 6.45) is -1.06. The molecule has 0 aliphatic heterocycles. The summed E-state index contributed by atoms with van der Waals surface area (Å²) in [7, 11) is 0. The van der Waals surface area contributed by atoms with Crippen LogP contribution in [-0.2, 0) is 4.79 Å². The van der Waals surface area contributed by atoms with Gasteiger partial charge in [0.25, 0.3) is 0 Å². The van der Waals surface area contributed by atoms with Crippen molar-refractivity contribution in [2.75, 3.05) is 0 Å². The molecular formula is C7H10O3SSr. The molecule has 1 aromatic rings. The van der Waals surface area contributed by atoms with Crippen molar-refractivity contribution in [3.8, 4) is 5.06 Å². The molecule has 1 N–H and O–H groups in total. The number of esters is 1. The van der Waals surface area contributed by atoms with Crippen molar-refractivity contribution in [3.05, 3.63) is 17.5 Å². The standard InChI is InChI=1S/C7H8O3S.Sr.2H/c1-5(8)7(9)10-6-3-2-4-11-6;;;/h2-5,8H,1H3;;;/q;+2;2*-1. The van der Waals surface area contributed by atoms with Gasteiger partial charge in [-0.05, 0) is 24.4 Å². The summed E-state index contributed by atoms with van der Waals surface area (Å²) in [5.41, 5.74) is 0. The fourth-order valence-electron chi connectivity index (χ4n) is 0.506. The molecule has 1 atom stereocenters. The van der Waals surface area contributed by atoms with Gasteiger partial charge in [0.05, 0.1) is 0 Å². The van der Waals surface area contributed by atoms with Gasteiger partial charge < -0.3 is 12.7 Å². The van der Waals surface area contributed by atoms with Gasteiger partial charge in [-0.15, -0.1) is 11.3 Å². The molecule has 1 aromatic heterocycles. The van der Waals surface area contributed by atoms with Crippen molar-refractivity contribution in [1.82, 2.24) is 0 Å². The summed E-state index contributed by atoms with van der Waals surface area (Å²) in [4.78, 5) is 10.7. The van der Waals surface area contributed by atoms with E-state index in [4.69, 9.17) is 9.84 Å². The molecule has 1 unspecified atom stereocenters. The topological polar surface area (TPSA) is 46.5 Å². The average Bonchev–Trinajstić information content (AvgIpc) is 2.39. The Labute approximate surface area is 115 Å². The number of carbonyl (C=O) groups excluding carboxylic acids is 1. The van der Waals surface area contributed by atoms with E-state index in [-0.39, 0.29) is 48.3 Å². The Morgan fingerprint density at radius 1 is 1.83 bits per heavy atom. The minimum Gasteiger partial charge on any atom is -1.00 e. The number of thiophene rings is 1. The van der Waals surface area contributed by atoms with Gasteiger partial charge in [0.15, 0.2) is 5.06 Å². The Balaban J connectivity index is -0.000000403. The van der Waals surface area contributed by atoms with Crippen molar-refractivity contribution in [3.63, 3.8) is 0 Å². The Kier molecular flexibility index (Phi) is 6.43. The van der Waals surface area contributed by atoms with Crippen LogP contribution in [-0.4, -0.2) is 62.7 Å².